The molecule has 0 atom stereocenters. The average molecular weight is 360 g/mol. The van der Waals surface area contributed by atoms with E-state index in [1.807, 2.05) is 32.9 Å². The molecule has 0 bridgehead atoms. The summed E-state index contributed by atoms with van der Waals surface area (Å²) in [4.78, 5) is 23.9. The number of anilines is 2. The third-order valence-corrected chi connectivity index (χ3v) is 3.88. The molecule has 0 aliphatic carbocycles. The summed E-state index contributed by atoms with van der Waals surface area (Å²) < 4.78 is 0. The molecular formula is C19H22ClN3O2. The summed E-state index contributed by atoms with van der Waals surface area (Å²) in [5.74, 6) is -0.318. The highest BCUT2D eigenvalue weighted by Gasteiger charge is 2.08. The monoisotopic (exact) mass is 359 g/mol. The van der Waals surface area contributed by atoms with Crippen molar-refractivity contribution in [1.82, 2.24) is 5.32 Å². The van der Waals surface area contributed by atoms with Crippen LogP contribution in [0.15, 0.2) is 42.5 Å². The number of aryl methyl sites for hydroxylation is 1. The molecule has 0 aromatic heterocycles. The van der Waals surface area contributed by atoms with E-state index in [-0.39, 0.29) is 24.4 Å². The number of carbonyl (C=O) groups is 2. The fourth-order valence-corrected chi connectivity index (χ4v) is 2.32. The van der Waals surface area contributed by atoms with Crippen LogP contribution in [0, 0.1) is 6.92 Å². The fourth-order valence-electron chi connectivity index (χ4n) is 2.14. The van der Waals surface area contributed by atoms with Crippen molar-refractivity contribution in [2.24, 2.45) is 0 Å². The molecule has 0 saturated heterocycles. The van der Waals surface area contributed by atoms with Gasteiger partial charge < -0.3 is 16.0 Å². The Labute approximate surface area is 152 Å². The van der Waals surface area contributed by atoms with Crippen LogP contribution in [0.25, 0.3) is 0 Å². The quantitative estimate of drug-likeness (QED) is 0.734. The number of nitrogens with one attached hydrogen (secondary N) is 3. The zero-order chi connectivity index (χ0) is 18.4. The van der Waals surface area contributed by atoms with Crippen LogP contribution in [0.1, 0.15) is 29.8 Å². The lowest BCUT2D eigenvalue weighted by Gasteiger charge is -2.10. The fraction of sp³-hybridized carbons (Fsp3) is 0.263. The Balaban J connectivity index is 1.87. The van der Waals surface area contributed by atoms with E-state index in [0.717, 1.165) is 11.3 Å². The zero-order valence-corrected chi connectivity index (χ0v) is 15.3. The first-order valence-electron chi connectivity index (χ1n) is 8.06. The molecule has 2 aromatic rings. The molecule has 6 heteroatoms. The van der Waals surface area contributed by atoms with Crippen molar-refractivity contribution >= 4 is 34.8 Å². The number of halogens is 1. The van der Waals surface area contributed by atoms with E-state index in [9.17, 15) is 9.59 Å². The average Bonchev–Trinajstić information content (AvgIpc) is 2.56. The van der Waals surface area contributed by atoms with Gasteiger partial charge >= 0.3 is 0 Å². The van der Waals surface area contributed by atoms with Gasteiger partial charge in [0, 0.05) is 28.0 Å². The van der Waals surface area contributed by atoms with Gasteiger partial charge in [-0.25, -0.2) is 0 Å². The van der Waals surface area contributed by atoms with Crippen LogP contribution in [0.2, 0.25) is 5.02 Å². The molecule has 5 nitrogen and oxygen atoms in total. The number of benzene rings is 2. The molecular weight excluding hydrogens is 338 g/mol. The standard InChI is InChI=1S/C19H22ClN3O2/c1-12(2)22-19(25)14-5-8-15(9-6-14)23-18(24)11-21-16-7-4-13(3)17(20)10-16/h4-10,12,21H,11H2,1-3H3,(H,22,25)(H,23,24). The lowest BCUT2D eigenvalue weighted by molar-refractivity contribution is -0.114. The Morgan fingerprint density at radius 3 is 2.28 bits per heavy atom. The summed E-state index contributed by atoms with van der Waals surface area (Å²) in [5.41, 5.74) is 2.96. The van der Waals surface area contributed by atoms with E-state index in [1.165, 1.54) is 0 Å². The number of carbonyl (C=O) groups excluding carboxylic acids is 2. The van der Waals surface area contributed by atoms with Crippen LogP contribution in [-0.4, -0.2) is 24.4 Å². The molecule has 0 unspecified atom stereocenters. The van der Waals surface area contributed by atoms with Crippen molar-refractivity contribution in [1.29, 1.82) is 0 Å². The largest absolute Gasteiger partial charge is 0.376 e. The maximum absolute atomic E-state index is 12.0. The van der Waals surface area contributed by atoms with Crippen molar-refractivity contribution < 1.29 is 9.59 Å². The molecule has 0 aliphatic heterocycles. The zero-order valence-electron chi connectivity index (χ0n) is 14.5. The molecule has 2 rings (SSSR count). The van der Waals surface area contributed by atoms with Crippen LogP contribution in [0.5, 0.6) is 0 Å². The van der Waals surface area contributed by atoms with Gasteiger partial charge in [-0.15, -0.1) is 0 Å². The van der Waals surface area contributed by atoms with Crippen molar-refractivity contribution in [2.75, 3.05) is 17.2 Å². The van der Waals surface area contributed by atoms with E-state index in [1.54, 1.807) is 30.3 Å². The second kappa shape index (κ2) is 8.53. The van der Waals surface area contributed by atoms with Crippen LogP contribution in [0.3, 0.4) is 0 Å². The minimum absolute atomic E-state index is 0.0771. The van der Waals surface area contributed by atoms with Crippen molar-refractivity contribution in [3.63, 3.8) is 0 Å². The number of rotatable bonds is 6. The second-order valence-electron chi connectivity index (χ2n) is 6.07. The van der Waals surface area contributed by atoms with Crippen LogP contribution >= 0.6 is 11.6 Å². The Morgan fingerprint density at radius 1 is 1.04 bits per heavy atom. The van der Waals surface area contributed by atoms with Gasteiger partial charge in [-0.05, 0) is 62.7 Å². The van der Waals surface area contributed by atoms with Crippen molar-refractivity contribution in [2.45, 2.75) is 26.8 Å². The Bertz CT molecular complexity index is 758. The first kappa shape index (κ1) is 18.8. The third kappa shape index (κ3) is 5.80. The topological polar surface area (TPSA) is 70.2 Å². The first-order valence-corrected chi connectivity index (χ1v) is 8.44. The number of hydrogen-bond donors (Lipinski definition) is 3. The van der Waals surface area contributed by atoms with E-state index in [2.05, 4.69) is 16.0 Å². The molecule has 132 valence electrons. The second-order valence-corrected chi connectivity index (χ2v) is 6.48. The number of amides is 2. The summed E-state index contributed by atoms with van der Waals surface area (Å²) in [6, 6.07) is 12.4. The van der Waals surface area contributed by atoms with Gasteiger partial charge in [0.2, 0.25) is 5.91 Å². The van der Waals surface area contributed by atoms with Gasteiger partial charge in [0.15, 0.2) is 0 Å². The van der Waals surface area contributed by atoms with Gasteiger partial charge in [0.25, 0.3) is 5.91 Å². The van der Waals surface area contributed by atoms with Crippen LogP contribution in [-0.2, 0) is 4.79 Å². The normalized spacial score (nSPS) is 10.4. The summed E-state index contributed by atoms with van der Waals surface area (Å²) in [7, 11) is 0. The van der Waals surface area contributed by atoms with Crippen LogP contribution in [0.4, 0.5) is 11.4 Å². The third-order valence-electron chi connectivity index (χ3n) is 3.48. The molecule has 0 radical (unpaired) electrons. The van der Waals surface area contributed by atoms with Gasteiger partial charge in [-0.1, -0.05) is 17.7 Å². The highest BCUT2D eigenvalue weighted by Crippen LogP contribution is 2.19. The highest BCUT2D eigenvalue weighted by atomic mass is 35.5. The summed E-state index contributed by atoms with van der Waals surface area (Å²) >= 11 is 6.06. The van der Waals surface area contributed by atoms with Gasteiger partial charge in [0.1, 0.15) is 0 Å². The lowest BCUT2D eigenvalue weighted by atomic mass is 10.2. The smallest absolute Gasteiger partial charge is 0.251 e. The van der Waals surface area contributed by atoms with Gasteiger partial charge in [0.05, 0.1) is 6.54 Å². The molecule has 0 spiro atoms. The maximum atomic E-state index is 12.0. The molecule has 0 heterocycles. The maximum Gasteiger partial charge on any atom is 0.251 e. The predicted octanol–water partition coefficient (Wildman–Crippen LogP) is 3.84. The van der Waals surface area contributed by atoms with Crippen LogP contribution < -0.4 is 16.0 Å². The molecule has 0 aliphatic rings. The molecule has 0 saturated carbocycles. The minimum Gasteiger partial charge on any atom is -0.376 e. The van der Waals surface area contributed by atoms with Gasteiger partial charge in [-0.3, -0.25) is 9.59 Å². The molecule has 2 amide bonds. The predicted molar refractivity (Wildman–Crippen MR) is 102 cm³/mol. The molecule has 0 fully saturated rings. The minimum atomic E-state index is -0.184. The SMILES string of the molecule is Cc1ccc(NCC(=O)Nc2ccc(C(=O)NC(C)C)cc2)cc1Cl. The lowest BCUT2D eigenvalue weighted by Crippen LogP contribution is -2.30. The molecule has 2 aromatic carbocycles. The summed E-state index contributed by atoms with van der Waals surface area (Å²) in [6.07, 6.45) is 0. The Morgan fingerprint density at radius 2 is 1.68 bits per heavy atom. The van der Waals surface area contributed by atoms with Crippen molar-refractivity contribution in [3.8, 4) is 0 Å². The Hall–Kier alpha value is -2.53. The molecule has 25 heavy (non-hydrogen) atoms. The van der Waals surface area contributed by atoms with E-state index >= 15 is 0 Å². The number of hydrogen-bond acceptors (Lipinski definition) is 3. The molecule has 3 N–H and O–H groups in total. The summed E-state index contributed by atoms with van der Waals surface area (Å²) in [5, 5.41) is 9.27. The summed E-state index contributed by atoms with van der Waals surface area (Å²) in [6.45, 7) is 5.85. The van der Waals surface area contributed by atoms with E-state index < -0.39 is 0 Å². The van der Waals surface area contributed by atoms with Gasteiger partial charge in [-0.2, -0.15) is 0 Å². The highest BCUT2D eigenvalue weighted by molar-refractivity contribution is 6.31. The Kier molecular flexibility index (Phi) is 6.42. The first-order chi connectivity index (χ1) is 11.8. The van der Waals surface area contributed by atoms with E-state index in [4.69, 9.17) is 11.6 Å². The van der Waals surface area contributed by atoms with Crippen molar-refractivity contribution in [3.05, 3.63) is 58.6 Å². The van der Waals surface area contributed by atoms with E-state index in [0.29, 0.717) is 16.3 Å².